The van der Waals surface area contributed by atoms with Crippen molar-refractivity contribution in [2.75, 3.05) is 13.7 Å². The van der Waals surface area contributed by atoms with Crippen LogP contribution in [0.4, 0.5) is 0 Å². The van der Waals surface area contributed by atoms with Gasteiger partial charge in [0.05, 0.1) is 7.11 Å². The van der Waals surface area contributed by atoms with Gasteiger partial charge in [-0.05, 0) is 56.0 Å². The minimum absolute atomic E-state index is 0.0529. The molecule has 1 aliphatic rings. The topological polar surface area (TPSA) is 61.3 Å². The van der Waals surface area contributed by atoms with Crippen molar-refractivity contribution in [3.8, 4) is 5.75 Å². The van der Waals surface area contributed by atoms with Crippen molar-refractivity contribution in [1.29, 1.82) is 0 Å². The zero-order valence-corrected chi connectivity index (χ0v) is 10.9. The van der Waals surface area contributed by atoms with Gasteiger partial charge in [-0.3, -0.25) is 0 Å². The molecule has 2 rings (SSSR count). The zero-order valence-electron chi connectivity index (χ0n) is 10.9. The minimum atomic E-state index is 0.0529. The van der Waals surface area contributed by atoms with Gasteiger partial charge in [0.1, 0.15) is 5.75 Å². The first-order chi connectivity index (χ1) is 8.05. The van der Waals surface area contributed by atoms with Crippen LogP contribution in [0.1, 0.15) is 35.6 Å². The van der Waals surface area contributed by atoms with Gasteiger partial charge in [-0.15, -0.1) is 0 Å². The lowest BCUT2D eigenvalue weighted by molar-refractivity contribution is 0.405. The number of nitrogens with two attached hydrogens (primary N) is 2. The first kappa shape index (κ1) is 12.4. The Morgan fingerprint density at radius 3 is 2.41 bits per heavy atom. The number of ether oxygens (including phenoxy) is 1. The summed E-state index contributed by atoms with van der Waals surface area (Å²) in [4.78, 5) is 0. The van der Waals surface area contributed by atoms with Crippen LogP contribution in [0.2, 0.25) is 0 Å². The molecule has 0 saturated heterocycles. The summed E-state index contributed by atoms with van der Waals surface area (Å²) in [6.07, 6.45) is 2.30. The summed E-state index contributed by atoms with van der Waals surface area (Å²) in [5, 5.41) is 0. The lowest BCUT2D eigenvalue weighted by atomic mass is 9.87. The van der Waals surface area contributed by atoms with Crippen LogP contribution in [0.25, 0.3) is 0 Å². The summed E-state index contributed by atoms with van der Waals surface area (Å²) in [5.74, 6) is 0.927. The molecule has 0 bridgehead atoms. The van der Waals surface area contributed by atoms with Gasteiger partial charge < -0.3 is 16.2 Å². The second-order valence-electron chi connectivity index (χ2n) is 5.15. The number of benzene rings is 1. The standard InChI is InChI=1S/C14H22N2O/c1-9-10(2)12(17-3)5-4-11(9)13(16)14(8-15)6-7-14/h4-5,13H,6-8,15-16H2,1-3H3. The number of methoxy groups -OCH3 is 1. The zero-order chi connectivity index (χ0) is 12.6. The van der Waals surface area contributed by atoms with Gasteiger partial charge in [0, 0.05) is 11.5 Å². The monoisotopic (exact) mass is 234 g/mol. The second-order valence-corrected chi connectivity index (χ2v) is 5.15. The fourth-order valence-electron chi connectivity index (χ4n) is 2.51. The molecule has 0 spiro atoms. The molecule has 1 unspecified atom stereocenters. The quantitative estimate of drug-likeness (QED) is 0.838. The van der Waals surface area contributed by atoms with E-state index in [1.54, 1.807) is 7.11 Å². The summed E-state index contributed by atoms with van der Waals surface area (Å²) in [7, 11) is 1.70. The molecule has 0 radical (unpaired) electrons. The summed E-state index contributed by atoms with van der Waals surface area (Å²) in [5.41, 5.74) is 16.0. The lowest BCUT2D eigenvalue weighted by Crippen LogP contribution is -2.30. The van der Waals surface area contributed by atoms with E-state index in [1.165, 1.54) is 16.7 Å². The maximum atomic E-state index is 6.39. The molecule has 0 heterocycles. The van der Waals surface area contributed by atoms with Gasteiger partial charge in [0.2, 0.25) is 0 Å². The van der Waals surface area contributed by atoms with E-state index in [1.807, 2.05) is 6.07 Å². The van der Waals surface area contributed by atoms with Crippen molar-refractivity contribution in [1.82, 2.24) is 0 Å². The molecule has 0 amide bonds. The van der Waals surface area contributed by atoms with Crippen molar-refractivity contribution in [3.63, 3.8) is 0 Å². The predicted octanol–water partition coefficient (Wildman–Crippen LogP) is 2.05. The maximum Gasteiger partial charge on any atom is 0.122 e. The molecule has 1 saturated carbocycles. The van der Waals surface area contributed by atoms with E-state index in [-0.39, 0.29) is 11.5 Å². The Kier molecular flexibility index (Phi) is 3.15. The summed E-state index contributed by atoms with van der Waals surface area (Å²) in [6.45, 7) is 4.87. The molecule has 4 N–H and O–H groups in total. The normalized spacial score (nSPS) is 18.9. The average molecular weight is 234 g/mol. The van der Waals surface area contributed by atoms with Crippen LogP contribution in [0.3, 0.4) is 0 Å². The fraction of sp³-hybridized carbons (Fsp3) is 0.571. The Labute approximate surface area is 103 Å². The molecule has 3 heteroatoms. The SMILES string of the molecule is COc1ccc(C(N)C2(CN)CC2)c(C)c1C. The number of hydrogen-bond acceptors (Lipinski definition) is 3. The molecule has 1 aliphatic carbocycles. The van der Waals surface area contributed by atoms with Gasteiger partial charge in [0.15, 0.2) is 0 Å². The maximum absolute atomic E-state index is 6.39. The molecular formula is C14H22N2O. The molecule has 17 heavy (non-hydrogen) atoms. The molecule has 1 aromatic rings. The van der Waals surface area contributed by atoms with Crippen LogP contribution in [-0.2, 0) is 0 Å². The highest BCUT2D eigenvalue weighted by atomic mass is 16.5. The van der Waals surface area contributed by atoms with E-state index in [2.05, 4.69) is 19.9 Å². The van der Waals surface area contributed by atoms with Crippen LogP contribution in [0.5, 0.6) is 5.75 Å². The highest BCUT2D eigenvalue weighted by molar-refractivity contribution is 5.45. The van der Waals surface area contributed by atoms with Crippen LogP contribution in [0, 0.1) is 19.3 Å². The van der Waals surface area contributed by atoms with E-state index in [0.29, 0.717) is 6.54 Å². The first-order valence-corrected chi connectivity index (χ1v) is 6.15. The van der Waals surface area contributed by atoms with Crippen molar-refractivity contribution < 1.29 is 4.74 Å². The first-order valence-electron chi connectivity index (χ1n) is 6.15. The van der Waals surface area contributed by atoms with Crippen molar-refractivity contribution in [2.45, 2.75) is 32.7 Å². The van der Waals surface area contributed by atoms with Crippen LogP contribution < -0.4 is 16.2 Å². The average Bonchev–Trinajstić information content (AvgIpc) is 3.13. The number of hydrogen-bond donors (Lipinski definition) is 2. The molecule has 1 fully saturated rings. The minimum Gasteiger partial charge on any atom is -0.496 e. The Morgan fingerprint density at radius 2 is 1.94 bits per heavy atom. The Hall–Kier alpha value is -1.06. The van der Waals surface area contributed by atoms with Crippen molar-refractivity contribution in [2.24, 2.45) is 16.9 Å². The van der Waals surface area contributed by atoms with E-state index >= 15 is 0 Å². The van der Waals surface area contributed by atoms with Crippen LogP contribution in [0.15, 0.2) is 12.1 Å². The van der Waals surface area contributed by atoms with Gasteiger partial charge in [0.25, 0.3) is 0 Å². The third-order valence-electron chi connectivity index (χ3n) is 4.29. The lowest BCUT2D eigenvalue weighted by Gasteiger charge is -2.25. The van der Waals surface area contributed by atoms with Crippen molar-refractivity contribution in [3.05, 3.63) is 28.8 Å². The Bertz CT molecular complexity index is 424. The molecule has 0 aromatic heterocycles. The van der Waals surface area contributed by atoms with Crippen LogP contribution >= 0.6 is 0 Å². The Balaban J connectivity index is 2.37. The molecule has 1 atom stereocenters. The Morgan fingerprint density at radius 1 is 1.29 bits per heavy atom. The van der Waals surface area contributed by atoms with E-state index in [4.69, 9.17) is 16.2 Å². The third kappa shape index (κ3) is 1.94. The summed E-state index contributed by atoms with van der Waals surface area (Å²) >= 11 is 0. The van der Waals surface area contributed by atoms with Crippen molar-refractivity contribution >= 4 is 0 Å². The second kappa shape index (κ2) is 4.31. The summed E-state index contributed by atoms with van der Waals surface area (Å²) < 4.78 is 5.32. The van der Waals surface area contributed by atoms with E-state index in [9.17, 15) is 0 Å². The molecule has 94 valence electrons. The van der Waals surface area contributed by atoms with Gasteiger partial charge in [-0.25, -0.2) is 0 Å². The van der Waals surface area contributed by atoms with Gasteiger partial charge in [-0.2, -0.15) is 0 Å². The van der Waals surface area contributed by atoms with E-state index < -0.39 is 0 Å². The number of rotatable bonds is 4. The van der Waals surface area contributed by atoms with Gasteiger partial charge in [-0.1, -0.05) is 6.07 Å². The predicted molar refractivity (Wildman–Crippen MR) is 70.1 cm³/mol. The summed E-state index contributed by atoms with van der Waals surface area (Å²) in [6, 6.07) is 4.14. The molecule has 0 aliphatic heterocycles. The van der Waals surface area contributed by atoms with Crippen LogP contribution in [-0.4, -0.2) is 13.7 Å². The molecule has 3 nitrogen and oxygen atoms in total. The highest BCUT2D eigenvalue weighted by Gasteiger charge is 2.47. The highest BCUT2D eigenvalue weighted by Crippen LogP contribution is 2.53. The smallest absolute Gasteiger partial charge is 0.122 e. The van der Waals surface area contributed by atoms with E-state index in [0.717, 1.165) is 18.6 Å². The van der Waals surface area contributed by atoms with Gasteiger partial charge >= 0.3 is 0 Å². The molecule has 1 aromatic carbocycles. The molecular weight excluding hydrogens is 212 g/mol. The largest absolute Gasteiger partial charge is 0.496 e. The fourth-order valence-corrected chi connectivity index (χ4v) is 2.51. The third-order valence-corrected chi connectivity index (χ3v) is 4.29.